The maximum Gasteiger partial charge on any atom is 0.151 e. The van der Waals surface area contributed by atoms with Gasteiger partial charge in [0, 0.05) is 18.3 Å². The van der Waals surface area contributed by atoms with E-state index < -0.39 is 6.10 Å². The number of hydrogen-bond acceptors (Lipinski definition) is 3. The van der Waals surface area contributed by atoms with Gasteiger partial charge in [0.25, 0.3) is 0 Å². The molecule has 0 radical (unpaired) electrons. The van der Waals surface area contributed by atoms with Gasteiger partial charge in [-0.15, -0.1) is 0 Å². The monoisotopic (exact) mass is 270 g/mol. The third-order valence-corrected chi connectivity index (χ3v) is 2.84. The number of aliphatic hydroxyl groups is 1. The summed E-state index contributed by atoms with van der Waals surface area (Å²) in [5.74, 6) is 0.505. The van der Waals surface area contributed by atoms with Gasteiger partial charge in [-0.25, -0.2) is 0 Å². The summed E-state index contributed by atoms with van der Waals surface area (Å²) < 4.78 is 7.71. The zero-order valence-corrected chi connectivity index (χ0v) is 9.81. The van der Waals surface area contributed by atoms with Crippen LogP contribution in [-0.4, -0.2) is 14.9 Å². The highest BCUT2D eigenvalue weighted by atomic mass is 79.9. The van der Waals surface area contributed by atoms with E-state index in [9.17, 15) is 5.11 Å². The van der Waals surface area contributed by atoms with Crippen molar-refractivity contribution < 1.29 is 9.52 Å². The predicted molar refractivity (Wildman–Crippen MR) is 58.4 cm³/mol. The van der Waals surface area contributed by atoms with Crippen molar-refractivity contribution in [3.8, 4) is 0 Å². The summed E-state index contributed by atoms with van der Waals surface area (Å²) in [5, 5.41) is 14.1. The molecule has 0 aliphatic heterocycles. The number of nitrogens with zero attached hydrogens (tertiary/aromatic N) is 2. The van der Waals surface area contributed by atoms with Crippen molar-refractivity contribution in [1.29, 1.82) is 0 Å². The maximum atomic E-state index is 9.99. The molecule has 0 amide bonds. The summed E-state index contributed by atoms with van der Waals surface area (Å²) >= 11 is 3.31. The minimum Gasteiger partial charge on any atom is -0.465 e. The average molecular weight is 271 g/mol. The van der Waals surface area contributed by atoms with Gasteiger partial charge in [0.15, 0.2) is 5.76 Å². The second kappa shape index (κ2) is 4.20. The molecule has 0 fully saturated rings. The van der Waals surface area contributed by atoms with E-state index in [0.717, 1.165) is 16.6 Å². The first-order chi connectivity index (χ1) is 7.22. The Labute approximate surface area is 95.6 Å². The molecule has 80 valence electrons. The van der Waals surface area contributed by atoms with Crippen LogP contribution in [0.15, 0.2) is 33.6 Å². The maximum absolute atomic E-state index is 9.99. The van der Waals surface area contributed by atoms with Crippen molar-refractivity contribution >= 4 is 15.9 Å². The van der Waals surface area contributed by atoms with E-state index in [4.69, 9.17) is 4.42 Å². The summed E-state index contributed by atoms with van der Waals surface area (Å²) in [6.45, 7) is 2.78. The molecule has 0 saturated carbocycles. The SMILES string of the molecule is CCn1cc(C(O)c2occc2Br)cn1. The molecule has 0 aliphatic rings. The molecule has 15 heavy (non-hydrogen) atoms. The van der Waals surface area contributed by atoms with Gasteiger partial charge in [-0.1, -0.05) is 0 Å². The highest BCUT2D eigenvalue weighted by Crippen LogP contribution is 2.28. The van der Waals surface area contributed by atoms with Crippen LogP contribution in [-0.2, 0) is 6.54 Å². The summed E-state index contributed by atoms with van der Waals surface area (Å²) in [4.78, 5) is 0. The highest BCUT2D eigenvalue weighted by Gasteiger charge is 2.18. The smallest absolute Gasteiger partial charge is 0.151 e. The fraction of sp³-hybridized carbons (Fsp3) is 0.300. The molecular formula is C10H11BrN2O2. The van der Waals surface area contributed by atoms with Crippen LogP contribution < -0.4 is 0 Å². The van der Waals surface area contributed by atoms with E-state index in [1.165, 1.54) is 6.26 Å². The first-order valence-electron chi connectivity index (χ1n) is 4.65. The van der Waals surface area contributed by atoms with Crippen molar-refractivity contribution in [3.63, 3.8) is 0 Å². The Morgan fingerprint density at radius 1 is 1.67 bits per heavy atom. The lowest BCUT2D eigenvalue weighted by Gasteiger charge is -2.04. The van der Waals surface area contributed by atoms with Gasteiger partial charge in [-0.3, -0.25) is 4.68 Å². The molecule has 2 aromatic rings. The fourth-order valence-corrected chi connectivity index (χ4v) is 1.76. The van der Waals surface area contributed by atoms with Crippen LogP contribution in [0.25, 0.3) is 0 Å². The first kappa shape index (κ1) is 10.4. The van der Waals surface area contributed by atoms with Gasteiger partial charge in [-0.2, -0.15) is 5.10 Å². The van der Waals surface area contributed by atoms with E-state index in [1.807, 2.05) is 6.92 Å². The third-order valence-electron chi connectivity index (χ3n) is 2.19. The lowest BCUT2D eigenvalue weighted by atomic mass is 10.1. The van der Waals surface area contributed by atoms with Crippen molar-refractivity contribution in [2.45, 2.75) is 19.6 Å². The second-order valence-corrected chi connectivity index (χ2v) is 4.02. The Hall–Kier alpha value is -1.07. The van der Waals surface area contributed by atoms with Crippen LogP contribution in [0.3, 0.4) is 0 Å². The molecule has 1 atom stereocenters. The number of aromatic nitrogens is 2. The molecule has 0 bridgehead atoms. The van der Waals surface area contributed by atoms with Crippen LogP contribution in [0.4, 0.5) is 0 Å². The predicted octanol–water partition coefficient (Wildman–Crippen LogP) is 2.34. The Bertz CT molecular complexity index is 450. The topological polar surface area (TPSA) is 51.2 Å². The van der Waals surface area contributed by atoms with Crippen molar-refractivity contribution in [2.24, 2.45) is 0 Å². The second-order valence-electron chi connectivity index (χ2n) is 3.16. The summed E-state index contributed by atoms with van der Waals surface area (Å²) in [6.07, 6.45) is 4.21. The van der Waals surface area contributed by atoms with E-state index in [0.29, 0.717) is 5.76 Å². The molecule has 0 spiro atoms. The van der Waals surface area contributed by atoms with Crippen LogP contribution >= 0.6 is 15.9 Å². The molecule has 0 aliphatic carbocycles. The number of aliphatic hydroxyl groups excluding tert-OH is 1. The fourth-order valence-electron chi connectivity index (χ4n) is 1.35. The van der Waals surface area contributed by atoms with Gasteiger partial charge in [0.1, 0.15) is 6.10 Å². The lowest BCUT2D eigenvalue weighted by Crippen LogP contribution is -1.98. The highest BCUT2D eigenvalue weighted by molar-refractivity contribution is 9.10. The van der Waals surface area contributed by atoms with Crippen LogP contribution in [0.5, 0.6) is 0 Å². The molecule has 2 rings (SSSR count). The zero-order chi connectivity index (χ0) is 10.8. The van der Waals surface area contributed by atoms with E-state index >= 15 is 0 Å². The number of aryl methyl sites for hydroxylation is 1. The minimum absolute atomic E-state index is 0.505. The van der Waals surface area contributed by atoms with E-state index in [2.05, 4.69) is 21.0 Å². The van der Waals surface area contributed by atoms with Gasteiger partial charge < -0.3 is 9.52 Å². The largest absolute Gasteiger partial charge is 0.465 e. The molecule has 2 heterocycles. The van der Waals surface area contributed by atoms with Gasteiger partial charge in [-0.05, 0) is 28.9 Å². The average Bonchev–Trinajstić information content (AvgIpc) is 2.84. The molecule has 1 N–H and O–H groups in total. The molecule has 0 saturated heterocycles. The molecule has 4 nitrogen and oxygen atoms in total. The van der Waals surface area contributed by atoms with E-state index in [-0.39, 0.29) is 0 Å². The third kappa shape index (κ3) is 1.98. The van der Waals surface area contributed by atoms with Crippen LogP contribution in [0.1, 0.15) is 24.4 Å². The Kier molecular flexibility index (Phi) is 2.93. The Morgan fingerprint density at radius 3 is 3.00 bits per heavy atom. The molecular weight excluding hydrogens is 260 g/mol. The first-order valence-corrected chi connectivity index (χ1v) is 5.45. The standard InChI is InChI=1S/C10H11BrN2O2/c1-2-13-6-7(5-12-13)9(14)10-8(11)3-4-15-10/h3-6,9,14H,2H2,1H3. The number of hydrogen-bond donors (Lipinski definition) is 1. The summed E-state index contributed by atoms with van der Waals surface area (Å²) in [7, 11) is 0. The van der Waals surface area contributed by atoms with Crippen molar-refractivity contribution in [1.82, 2.24) is 9.78 Å². The molecule has 0 aromatic carbocycles. The number of halogens is 1. The Balaban J connectivity index is 2.28. The normalized spacial score (nSPS) is 13.0. The van der Waals surface area contributed by atoms with Crippen LogP contribution in [0.2, 0.25) is 0 Å². The van der Waals surface area contributed by atoms with Crippen molar-refractivity contribution in [3.05, 3.63) is 40.5 Å². The van der Waals surface area contributed by atoms with Gasteiger partial charge in [0.2, 0.25) is 0 Å². The van der Waals surface area contributed by atoms with E-state index in [1.54, 1.807) is 23.1 Å². The van der Waals surface area contributed by atoms with Crippen molar-refractivity contribution in [2.75, 3.05) is 0 Å². The lowest BCUT2D eigenvalue weighted by molar-refractivity contribution is 0.188. The number of furan rings is 1. The zero-order valence-electron chi connectivity index (χ0n) is 8.22. The van der Waals surface area contributed by atoms with Crippen LogP contribution in [0, 0.1) is 0 Å². The number of rotatable bonds is 3. The molecule has 2 aromatic heterocycles. The Morgan fingerprint density at radius 2 is 2.47 bits per heavy atom. The summed E-state index contributed by atoms with van der Waals surface area (Å²) in [5.41, 5.74) is 0.729. The minimum atomic E-state index is -0.769. The molecule has 5 heteroatoms. The van der Waals surface area contributed by atoms with Gasteiger partial charge in [0.05, 0.1) is 16.9 Å². The van der Waals surface area contributed by atoms with Gasteiger partial charge >= 0.3 is 0 Å². The molecule has 1 unspecified atom stereocenters. The quantitative estimate of drug-likeness (QED) is 0.932. The summed E-state index contributed by atoms with van der Waals surface area (Å²) in [6, 6.07) is 1.75.